The first-order chi connectivity index (χ1) is 15.4. The number of nitrogens with one attached hydrogen (secondary N) is 1. The van der Waals surface area contributed by atoms with E-state index in [0.29, 0.717) is 47.3 Å². The number of anilines is 2. The molecule has 3 aromatic rings. The summed E-state index contributed by atoms with van der Waals surface area (Å²) in [6, 6.07) is 14.7. The molecule has 0 aliphatic carbocycles. The summed E-state index contributed by atoms with van der Waals surface area (Å²) < 4.78 is 0. The third-order valence-corrected chi connectivity index (χ3v) is 6.40. The lowest BCUT2D eigenvalue weighted by molar-refractivity contribution is -0.384. The summed E-state index contributed by atoms with van der Waals surface area (Å²) >= 11 is 7.55. The van der Waals surface area contributed by atoms with Crippen LogP contribution in [0.1, 0.15) is 20.0 Å². The molecule has 32 heavy (non-hydrogen) atoms. The lowest BCUT2D eigenvalue weighted by atomic mass is 10.1. The third-order valence-electron chi connectivity index (χ3n) is 5.20. The van der Waals surface area contributed by atoms with E-state index in [1.165, 1.54) is 23.5 Å². The van der Waals surface area contributed by atoms with Crippen molar-refractivity contribution in [3.63, 3.8) is 0 Å². The summed E-state index contributed by atoms with van der Waals surface area (Å²) in [7, 11) is 0. The summed E-state index contributed by atoms with van der Waals surface area (Å²) in [5.74, 6) is -0.417. The molecule has 1 N–H and O–H groups in total. The number of nitro groups is 1. The molecule has 0 spiro atoms. The molecule has 1 fully saturated rings. The van der Waals surface area contributed by atoms with Crippen molar-refractivity contribution in [1.82, 2.24) is 4.90 Å². The molecule has 0 atom stereocenters. The molecule has 1 aliphatic rings. The van der Waals surface area contributed by atoms with Gasteiger partial charge in [0.2, 0.25) is 0 Å². The lowest BCUT2D eigenvalue weighted by Gasteiger charge is -2.36. The maximum absolute atomic E-state index is 13.0. The van der Waals surface area contributed by atoms with Crippen molar-refractivity contribution in [3.05, 3.63) is 85.6 Å². The lowest BCUT2D eigenvalue weighted by Crippen LogP contribution is -2.48. The molecule has 1 aliphatic heterocycles. The van der Waals surface area contributed by atoms with E-state index < -0.39 is 4.92 Å². The highest BCUT2D eigenvalue weighted by Crippen LogP contribution is 2.26. The minimum absolute atomic E-state index is 0.0484. The highest BCUT2D eigenvalue weighted by Gasteiger charge is 2.23. The van der Waals surface area contributed by atoms with Crippen LogP contribution in [0.25, 0.3) is 0 Å². The minimum atomic E-state index is -0.427. The smallest absolute Gasteiger partial charge is 0.269 e. The first-order valence-electron chi connectivity index (χ1n) is 9.85. The molecule has 164 valence electrons. The third kappa shape index (κ3) is 4.74. The largest absolute Gasteiger partial charge is 0.368 e. The SMILES string of the molecule is O=C(Nc1cc(C(=O)N2CCN(c3ccc([N+](=O)[O-])cc3)CC2)ccc1Cl)c1cccs1. The van der Waals surface area contributed by atoms with Crippen LogP contribution < -0.4 is 10.2 Å². The number of nitro benzene ring substituents is 1. The number of amides is 2. The zero-order valence-corrected chi connectivity index (χ0v) is 18.4. The van der Waals surface area contributed by atoms with Crippen molar-refractivity contribution in [3.8, 4) is 0 Å². The van der Waals surface area contributed by atoms with Crippen LogP contribution in [0.15, 0.2) is 60.0 Å². The van der Waals surface area contributed by atoms with E-state index in [0.717, 1.165) is 5.69 Å². The van der Waals surface area contributed by atoms with Gasteiger partial charge in [-0.25, -0.2) is 0 Å². The highest BCUT2D eigenvalue weighted by atomic mass is 35.5. The van der Waals surface area contributed by atoms with Crippen LogP contribution in [-0.4, -0.2) is 47.8 Å². The molecule has 4 rings (SSSR count). The van der Waals surface area contributed by atoms with Crippen LogP contribution in [0.3, 0.4) is 0 Å². The van der Waals surface area contributed by atoms with Gasteiger partial charge in [0, 0.05) is 49.6 Å². The van der Waals surface area contributed by atoms with E-state index in [1.807, 2.05) is 5.38 Å². The predicted molar refractivity (Wildman–Crippen MR) is 125 cm³/mol. The first kappa shape index (κ1) is 21.8. The molecule has 8 nitrogen and oxygen atoms in total. The van der Waals surface area contributed by atoms with Crippen molar-refractivity contribution in [2.75, 3.05) is 36.4 Å². The van der Waals surface area contributed by atoms with E-state index in [2.05, 4.69) is 10.2 Å². The van der Waals surface area contributed by atoms with Gasteiger partial charge < -0.3 is 15.1 Å². The monoisotopic (exact) mass is 470 g/mol. The number of piperazine rings is 1. The van der Waals surface area contributed by atoms with E-state index >= 15 is 0 Å². The predicted octanol–water partition coefficient (Wildman–Crippen LogP) is 4.52. The fraction of sp³-hybridized carbons (Fsp3) is 0.182. The van der Waals surface area contributed by atoms with Gasteiger partial charge in [0.1, 0.15) is 0 Å². The minimum Gasteiger partial charge on any atom is -0.368 e. The van der Waals surface area contributed by atoms with Gasteiger partial charge in [0.15, 0.2) is 0 Å². The van der Waals surface area contributed by atoms with Gasteiger partial charge in [-0.3, -0.25) is 19.7 Å². The molecule has 0 saturated carbocycles. The first-order valence-corrected chi connectivity index (χ1v) is 11.1. The standard InChI is InChI=1S/C22H19ClN4O4S/c23-18-8-3-15(14-19(18)24-21(28)20-2-1-13-32-20)22(29)26-11-9-25(10-12-26)16-4-6-17(7-5-16)27(30)31/h1-8,13-14H,9-12H2,(H,24,28). The number of hydrogen-bond acceptors (Lipinski definition) is 6. The van der Waals surface area contributed by atoms with E-state index in [1.54, 1.807) is 47.4 Å². The molecule has 0 unspecified atom stereocenters. The van der Waals surface area contributed by atoms with Gasteiger partial charge >= 0.3 is 0 Å². The molecule has 0 radical (unpaired) electrons. The van der Waals surface area contributed by atoms with E-state index in [9.17, 15) is 19.7 Å². The number of carbonyl (C=O) groups is 2. The number of hydrogen-bond donors (Lipinski definition) is 1. The molecular weight excluding hydrogens is 452 g/mol. The van der Waals surface area contributed by atoms with Gasteiger partial charge in [0.05, 0.1) is 20.5 Å². The summed E-state index contributed by atoms with van der Waals surface area (Å²) in [4.78, 5) is 40.1. The number of rotatable bonds is 5. The molecule has 2 aromatic carbocycles. The number of halogens is 1. The fourth-order valence-electron chi connectivity index (χ4n) is 3.48. The zero-order valence-electron chi connectivity index (χ0n) is 16.9. The summed E-state index contributed by atoms with van der Waals surface area (Å²) in [6.07, 6.45) is 0. The van der Waals surface area contributed by atoms with Gasteiger partial charge in [-0.15, -0.1) is 11.3 Å². The van der Waals surface area contributed by atoms with Gasteiger partial charge in [0.25, 0.3) is 17.5 Å². The van der Waals surface area contributed by atoms with Crippen LogP contribution >= 0.6 is 22.9 Å². The quantitative estimate of drug-likeness (QED) is 0.436. The zero-order chi connectivity index (χ0) is 22.7. The number of carbonyl (C=O) groups excluding carboxylic acids is 2. The molecule has 0 bridgehead atoms. The Labute approximate surface area is 193 Å². The Balaban J connectivity index is 1.40. The van der Waals surface area contributed by atoms with Gasteiger partial charge in [-0.05, 0) is 41.8 Å². The Morgan fingerprint density at radius 3 is 2.38 bits per heavy atom. The van der Waals surface area contributed by atoms with E-state index in [-0.39, 0.29) is 17.5 Å². The molecule has 1 aromatic heterocycles. The number of thiophene rings is 1. The Kier molecular flexibility index (Phi) is 6.38. The van der Waals surface area contributed by atoms with Crippen molar-refractivity contribution in [2.24, 2.45) is 0 Å². The Hall–Kier alpha value is -3.43. The topological polar surface area (TPSA) is 95.8 Å². The van der Waals surface area contributed by atoms with E-state index in [4.69, 9.17) is 11.6 Å². The van der Waals surface area contributed by atoms with Crippen LogP contribution in [0.5, 0.6) is 0 Å². The number of benzene rings is 2. The fourth-order valence-corrected chi connectivity index (χ4v) is 4.26. The molecule has 10 heteroatoms. The summed E-state index contributed by atoms with van der Waals surface area (Å²) in [5.41, 5.74) is 1.76. The van der Waals surface area contributed by atoms with Crippen LogP contribution in [0.2, 0.25) is 5.02 Å². The summed E-state index contributed by atoms with van der Waals surface area (Å²) in [5, 5.41) is 15.8. The van der Waals surface area contributed by atoms with Crippen LogP contribution in [-0.2, 0) is 0 Å². The Morgan fingerprint density at radius 2 is 1.75 bits per heavy atom. The maximum atomic E-state index is 13.0. The Morgan fingerprint density at radius 1 is 1.03 bits per heavy atom. The van der Waals surface area contributed by atoms with Crippen LogP contribution in [0, 0.1) is 10.1 Å². The Bertz CT molecular complexity index is 1140. The highest BCUT2D eigenvalue weighted by molar-refractivity contribution is 7.12. The second-order valence-corrected chi connectivity index (χ2v) is 8.53. The van der Waals surface area contributed by atoms with Gasteiger partial charge in [-0.1, -0.05) is 17.7 Å². The molecule has 2 heterocycles. The van der Waals surface area contributed by atoms with Gasteiger partial charge in [-0.2, -0.15) is 0 Å². The van der Waals surface area contributed by atoms with Crippen molar-refractivity contribution < 1.29 is 14.5 Å². The molecule has 2 amide bonds. The normalized spacial score (nSPS) is 13.7. The summed E-state index contributed by atoms with van der Waals surface area (Å²) in [6.45, 7) is 2.24. The molecule has 1 saturated heterocycles. The van der Waals surface area contributed by atoms with Crippen molar-refractivity contribution >= 4 is 51.8 Å². The average Bonchev–Trinajstić information content (AvgIpc) is 3.35. The van der Waals surface area contributed by atoms with Crippen molar-refractivity contribution in [2.45, 2.75) is 0 Å². The number of nitrogens with zero attached hydrogens (tertiary/aromatic N) is 3. The maximum Gasteiger partial charge on any atom is 0.269 e. The number of non-ortho nitro benzene ring substituents is 1. The average molecular weight is 471 g/mol. The van der Waals surface area contributed by atoms with Crippen molar-refractivity contribution in [1.29, 1.82) is 0 Å². The second kappa shape index (κ2) is 9.37. The van der Waals surface area contributed by atoms with Crippen LogP contribution in [0.4, 0.5) is 17.1 Å². The molecular formula is C22H19ClN4O4S. The second-order valence-electron chi connectivity index (χ2n) is 7.18.